The Kier molecular flexibility index (Phi) is 5.43. The minimum Gasteiger partial charge on any atom is -0.462 e. The SMILES string of the molecule is CCOC(=O)c1c(Nc2ncnc3c2cnn3-c2cccc(Cl)c2)oc(C)c1C(C)=O. The van der Waals surface area contributed by atoms with Crippen molar-refractivity contribution in [3.63, 3.8) is 0 Å². The average Bonchev–Trinajstić information content (AvgIpc) is 3.30. The summed E-state index contributed by atoms with van der Waals surface area (Å²) >= 11 is 6.10. The number of esters is 1. The number of aromatic nitrogens is 4. The number of hydrogen-bond acceptors (Lipinski definition) is 8. The maximum absolute atomic E-state index is 12.5. The standard InChI is InChI=1S/C21H18ClN5O4/c1-4-30-21(29)17-16(11(2)28)12(3)31-20(17)26-18-15-9-25-27(19(15)24-10-23-18)14-7-5-6-13(22)8-14/h5-10H,4H2,1-3H3,(H,23,24,26). The van der Waals surface area contributed by atoms with Gasteiger partial charge in [-0.2, -0.15) is 5.10 Å². The second-order valence-electron chi connectivity index (χ2n) is 6.63. The molecule has 0 saturated carbocycles. The lowest BCUT2D eigenvalue weighted by molar-refractivity contribution is 0.0524. The highest BCUT2D eigenvalue weighted by Gasteiger charge is 2.28. The van der Waals surface area contributed by atoms with Crippen molar-refractivity contribution < 1.29 is 18.7 Å². The normalized spacial score (nSPS) is 11.0. The third-order valence-electron chi connectivity index (χ3n) is 4.57. The van der Waals surface area contributed by atoms with E-state index in [1.54, 1.807) is 36.9 Å². The molecule has 0 bridgehead atoms. The summed E-state index contributed by atoms with van der Waals surface area (Å²) in [5.41, 5.74) is 1.45. The average molecular weight is 440 g/mol. The molecule has 4 aromatic rings. The molecule has 0 fully saturated rings. The van der Waals surface area contributed by atoms with Crippen molar-refractivity contribution in [3.05, 3.63) is 58.7 Å². The first-order valence-corrected chi connectivity index (χ1v) is 9.81. The van der Waals surface area contributed by atoms with Crippen LogP contribution in [0.2, 0.25) is 5.02 Å². The van der Waals surface area contributed by atoms with E-state index in [-0.39, 0.29) is 29.4 Å². The van der Waals surface area contributed by atoms with Crippen LogP contribution >= 0.6 is 11.6 Å². The van der Waals surface area contributed by atoms with E-state index >= 15 is 0 Å². The second kappa shape index (κ2) is 8.19. The third kappa shape index (κ3) is 3.75. The third-order valence-corrected chi connectivity index (χ3v) is 4.80. The number of carbonyl (C=O) groups excluding carboxylic acids is 2. The molecule has 0 aliphatic heterocycles. The highest BCUT2D eigenvalue weighted by atomic mass is 35.5. The molecular formula is C21H18ClN5O4. The zero-order valence-corrected chi connectivity index (χ0v) is 17.7. The van der Waals surface area contributed by atoms with Crippen molar-refractivity contribution in [2.24, 2.45) is 0 Å². The number of fused-ring (bicyclic) bond motifs is 1. The minimum absolute atomic E-state index is 0.0286. The monoisotopic (exact) mass is 439 g/mol. The van der Waals surface area contributed by atoms with Crippen LogP contribution in [-0.2, 0) is 4.74 Å². The van der Waals surface area contributed by atoms with Gasteiger partial charge in [0, 0.05) is 5.02 Å². The Bertz CT molecular complexity index is 1310. The van der Waals surface area contributed by atoms with Crippen LogP contribution in [0.4, 0.5) is 11.7 Å². The van der Waals surface area contributed by atoms with E-state index < -0.39 is 5.97 Å². The summed E-state index contributed by atoms with van der Waals surface area (Å²) in [5, 5.41) is 8.53. The number of hydrogen-bond donors (Lipinski definition) is 1. The number of nitrogens with one attached hydrogen (secondary N) is 1. The molecule has 4 rings (SSSR count). The summed E-state index contributed by atoms with van der Waals surface area (Å²) in [6.07, 6.45) is 2.95. The van der Waals surface area contributed by atoms with E-state index in [2.05, 4.69) is 20.4 Å². The van der Waals surface area contributed by atoms with E-state index in [1.165, 1.54) is 13.3 Å². The van der Waals surface area contributed by atoms with Gasteiger partial charge in [0.15, 0.2) is 11.4 Å². The first kappa shape index (κ1) is 20.5. The highest BCUT2D eigenvalue weighted by Crippen LogP contribution is 2.32. The number of Topliss-reactive ketones (excluding diaryl/α,β-unsaturated/α-hetero) is 1. The summed E-state index contributed by atoms with van der Waals surface area (Å²) in [4.78, 5) is 33.2. The number of rotatable bonds is 6. The van der Waals surface area contributed by atoms with Gasteiger partial charge in [-0.1, -0.05) is 17.7 Å². The first-order valence-electron chi connectivity index (χ1n) is 9.43. The minimum atomic E-state index is -0.660. The maximum Gasteiger partial charge on any atom is 0.344 e. The van der Waals surface area contributed by atoms with Crippen LogP contribution in [0.3, 0.4) is 0 Å². The Morgan fingerprint density at radius 2 is 2.06 bits per heavy atom. The zero-order valence-electron chi connectivity index (χ0n) is 17.0. The molecule has 0 unspecified atom stereocenters. The predicted octanol–water partition coefficient (Wildman–Crippen LogP) is 4.49. The van der Waals surface area contributed by atoms with Crippen molar-refractivity contribution in [1.82, 2.24) is 19.7 Å². The van der Waals surface area contributed by atoms with Crippen LogP contribution in [0.25, 0.3) is 16.7 Å². The molecule has 3 heterocycles. The van der Waals surface area contributed by atoms with Crippen LogP contribution in [0.15, 0.2) is 41.2 Å². The Morgan fingerprint density at radius 1 is 1.26 bits per heavy atom. The van der Waals surface area contributed by atoms with Crippen molar-refractivity contribution in [2.45, 2.75) is 20.8 Å². The van der Waals surface area contributed by atoms with Gasteiger partial charge in [0.05, 0.1) is 29.4 Å². The summed E-state index contributed by atoms with van der Waals surface area (Å²) < 4.78 is 12.4. The molecule has 0 atom stereocenters. The van der Waals surface area contributed by atoms with Crippen LogP contribution in [0.1, 0.15) is 40.3 Å². The van der Waals surface area contributed by atoms with Gasteiger partial charge in [-0.3, -0.25) is 4.79 Å². The fraction of sp³-hybridized carbons (Fsp3) is 0.190. The first-order chi connectivity index (χ1) is 14.9. The molecule has 1 N–H and O–H groups in total. The molecule has 0 spiro atoms. The van der Waals surface area contributed by atoms with Gasteiger partial charge in [0.2, 0.25) is 5.88 Å². The Labute approximate surface area is 182 Å². The Hall–Kier alpha value is -3.72. The molecule has 0 aliphatic rings. The molecule has 0 saturated heterocycles. The number of aryl methyl sites for hydroxylation is 1. The summed E-state index contributed by atoms with van der Waals surface area (Å²) in [6.45, 7) is 4.81. The smallest absolute Gasteiger partial charge is 0.344 e. The Morgan fingerprint density at radius 3 is 2.77 bits per heavy atom. The number of ketones is 1. The molecule has 10 heteroatoms. The van der Waals surface area contributed by atoms with E-state index in [9.17, 15) is 9.59 Å². The van der Waals surface area contributed by atoms with Crippen LogP contribution in [-0.4, -0.2) is 38.1 Å². The number of ether oxygens (including phenoxy) is 1. The number of furan rings is 1. The summed E-state index contributed by atoms with van der Waals surface area (Å²) in [6, 6.07) is 7.19. The van der Waals surface area contributed by atoms with Gasteiger partial charge < -0.3 is 14.5 Å². The quantitative estimate of drug-likeness (QED) is 0.345. The van der Waals surface area contributed by atoms with Crippen LogP contribution < -0.4 is 5.32 Å². The lowest BCUT2D eigenvalue weighted by Gasteiger charge is -2.07. The molecule has 31 heavy (non-hydrogen) atoms. The summed E-state index contributed by atoms with van der Waals surface area (Å²) in [7, 11) is 0. The second-order valence-corrected chi connectivity index (χ2v) is 7.07. The topological polar surface area (TPSA) is 112 Å². The zero-order chi connectivity index (χ0) is 22.1. The van der Waals surface area contributed by atoms with E-state index in [0.29, 0.717) is 27.6 Å². The van der Waals surface area contributed by atoms with E-state index in [1.807, 2.05) is 12.1 Å². The number of nitrogens with zero attached hydrogens (tertiary/aromatic N) is 4. The number of carbonyl (C=O) groups is 2. The number of anilines is 2. The van der Waals surface area contributed by atoms with Crippen molar-refractivity contribution in [2.75, 3.05) is 11.9 Å². The fourth-order valence-corrected chi connectivity index (χ4v) is 3.49. The predicted molar refractivity (Wildman–Crippen MR) is 114 cm³/mol. The van der Waals surface area contributed by atoms with Gasteiger partial charge in [-0.15, -0.1) is 0 Å². The molecule has 0 aliphatic carbocycles. The van der Waals surface area contributed by atoms with Gasteiger partial charge in [0.25, 0.3) is 0 Å². The van der Waals surface area contributed by atoms with Gasteiger partial charge in [-0.05, 0) is 39.0 Å². The van der Waals surface area contributed by atoms with E-state index in [4.69, 9.17) is 20.8 Å². The maximum atomic E-state index is 12.5. The van der Waals surface area contributed by atoms with Gasteiger partial charge in [-0.25, -0.2) is 19.4 Å². The molecule has 158 valence electrons. The molecular weight excluding hydrogens is 422 g/mol. The molecule has 0 radical (unpaired) electrons. The lowest BCUT2D eigenvalue weighted by atomic mass is 10.1. The highest BCUT2D eigenvalue weighted by molar-refractivity contribution is 6.30. The molecule has 0 amide bonds. The number of benzene rings is 1. The Balaban J connectivity index is 1.81. The van der Waals surface area contributed by atoms with Gasteiger partial charge in [0.1, 0.15) is 23.5 Å². The van der Waals surface area contributed by atoms with Crippen molar-refractivity contribution in [3.8, 4) is 5.69 Å². The van der Waals surface area contributed by atoms with Crippen LogP contribution in [0.5, 0.6) is 0 Å². The largest absolute Gasteiger partial charge is 0.462 e. The van der Waals surface area contributed by atoms with Crippen molar-refractivity contribution in [1.29, 1.82) is 0 Å². The van der Waals surface area contributed by atoms with Gasteiger partial charge >= 0.3 is 5.97 Å². The van der Waals surface area contributed by atoms with Crippen molar-refractivity contribution >= 4 is 46.1 Å². The fourth-order valence-electron chi connectivity index (χ4n) is 3.30. The van der Waals surface area contributed by atoms with Crippen LogP contribution in [0, 0.1) is 6.92 Å². The van der Waals surface area contributed by atoms with E-state index in [0.717, 1.165) is 5.69 Å². The molecule has 3 aromatic heterocycles. The molecule has 1 aromatic carbocycles. The molecule has 9 nitrogen and oxygen atoms in total. The summed E-state index contributed by atoms with van der Waals surface area (Å²) in [5.74, 6) is -0.242. The number of halogens is 1. The lowest BCUT2D eigenvalue weighted by Crippen LogP contribution is -2.11.